The van der Waals surface area contributed by atoms with Crippen LogP contribution in [0.2, 0.25) is 0 Å². The first kappa shape index (κ1) is 17.3. The summed E-state index contributed by atoms with van der Waals surface area (Å²) in [5.74, 6) is 7.11. The molecule has 10 atom stereocenters. The van der Waals surface area contributed by atoms with Crippen LogP contribution >= 0.6 is 0 Å². The van der Waals surface area contributed by atoms with Crippen molar-refractivity contribution in [3.05, 3.63) is 10.6 Å². The molecule has 0 bridgehead atoms. The van der Waals surface area contributed by atoms with Gasteiger partial charge in [-0.3, -0.25) is 0 Å². The van der Waals surface area contributed by atoms with E-state index in [0.29, 0.717) is 0 Å². The van der Waals surface area contributed by atoms with Crippen molar-refractivity contribution in [3.8, 4) is 0 Å². The van der Waals surface area contributed by atoms with Crippen LogP contribution in [-0.4, -0.2) is 25.2 Å². The van der Waals surface area contributed by atoms with E-state index in [9.17, 15) is 0 Å². The molecule has 0 heterocycles. The molecule has 4 fully saturated rings. The van der Waals surface area contributed by atoms with Gasteiger partial charge in [0.05, 0.1) is 0 Å². The average molecular weight is 331 g/mol. The SMILES string of the molecule is C[N-][C@@]1(C)C2CCC3[C@@H]4C2[C@H](C[C@H]1C)C[C@H](C)C4CC[C@]3(C)[N-]C. The normalized spacial score (nSPS) is 59.8. The predicted molar refractivity (Wildman–Crippen MR) is 102 cm³/mol. The van der Waals surface area contributed by atoms with Crippen LogP contribution < -0.4 is 0 Å². The summed E-state index contributed by atoms with van der Waals surface area (Å²) in [6.07, 6.45) is 8.43. The lowest BCUT2D eigenvalue weighted by Gasteiger charge is -2.72. The minimum Gasteiger partial charge on any atom is -0.659 e. The second-order valence-electron chi connectivity index (χ2n) is 10.3. The fraction of sp³-hybridized carbons (Fsp3) is 1.00. The average Bonchev–Trinajstić information content (AvgIpc) is 2.58. The third kappa shape index (κ3) is 2.14. The van der Waals surface area contributed by atoms with Crippen molar-refractivity contribution in [3.63, 3.8) is 0 Å². The van der Waals surface area contributed by atoms with E-state index in [4.69, 9.17) is 10.6 Å². The lowest BCUT2D eigenvalue weighted by Crippen LogP contribution is -2.63. The molecule has 2 heteroatoms. The Bertz CT molecular complexity index is 490. The van der Waals surface area contributed by atoms with Crippen LogP contribution in [0.1, 0.15) is 66.2 Å². The van der Waals surface area contributed by atoms with E-state index in [1.807, 2.05) is 0 Å². The molecule has 0 aliphatic heterocycles. The Kier molecular flexibility index (Phi) is 4.12. The molecule has 4 aliphatic carbocycles. The van der Waals surface area contributed by atoms with E-state index in [2.05, 4.69) is 41.8 Å². The van der Waals surface area contributed by atoms with E-state index < -0.39 is 0 Å². The third-order valence-electron chi connectivity index (χ3n) is 9.79. The molecule has 4 rings (SSSR count). The first-order chi connectivity index (χ1) is 11.4. The molecule has 138 valence electrons. The highest BCUT2D eigenvalue weighted by atomic mass is 15.0. The predicted octanol–water partition coefficient (Wildman–Crippen LogP) is 5.88. The summed E-state index contributed by atoms with van der Waals surface area (Å²) in [4.78, 5) is 0. The Morgan fingerprint density at radius 1 is 0.833 bits per heavy atom. The van der Waals surface area contributed by atoms with Gasteiger partial charge in [0.1, 0.15) is 0 Å². The third-order valence-corrected chi connectivity index (χ3v) is 9.79. The fourth-order valence-corrected chi connectivity index (χ4v) is 8.20. The van der Waals surface area contributed by atoms with Gasteiger partial charge in [0.15, 0.2) is 0 Å². The molecule has 0 aromatic heterocycles. The zero-order valence-corrected chi connectivity index (χ0v) is 16.8. The number of nitrogens with zero attached hydrogens (tertiary/aromatic N) is 2. The van der Waals surface area contributed by atoms with Crippen LogP contribution in [0.3, 0.4) is 0 Å². The van der Waals surface area contributed by atoms with Crippen molar-refractivity contribution in [2.45, 2.75) is 77.3 Å². The van der Waals surface area contributed by atoms with Crippen LogP contribution in [-0.2, 0) is 0 Å². The number of hydrogen-bond donors (Lipinski definition) is 0. The Hall–Kier alpha value is -0.0800. The zero-order chi connectivity index (χ0) is 17.3. The first-order valence-corrected chi connectivity index (χ1v) is 10.6. The highest BCUT2D eigenvalue weighted by molar-refractivity contribution is 5.21. The summed E-state index contributed by atoms with van der Waals surface area (Å²) < 4.78 is 0. The smallest absolute Gasteiger partial charge is 0.0333 e. The standard InChI is InChI=1S/C22H38N2/c1-13-11-15-12-14(2)22(4,24-6)18-8-7-17-20(19(15)18)16(13)9-10-21(17,3)23-5/h13-20H,7-12H2,1-6H3/q-2/t13-,14+,15-,16?,17?,18?,19?,20+,21-,22+/m0/s1. The molecule has 4 aliphatic rings. The molecule has 0 aromatic rings. The molecule has 0 N–H and O–H groups in total. The van der Waals surface area contributed by atoms with Crippen molar-refractivity contribution >= 4 is 0 Å². The maximum atomic E-state index is 5.02. The summed E-state index contributed by atoms with van der Waals surface area (Å²) in [5.41, 5.74) is 0.463. The second kappa shape index (κ2) is 5.71. The van der Waals surface area contributed by atoms with E-state index in [0.717, 1.165) is 47.3 Å². The molecule has 0 amide bonds. The molecule has 4 unspecified atom stereocenters. The Balaban J connectivity index is 1.75. The van der Waals surface area contributed by atoms with Crippen molar-refractivity contribution < 1.29 is 0 Å². The van der Waals surface area contributed by atoms with Crippen molar-refractivity contribution in [1.29, 1.82) is 0 Å². The van der Waals surface area contributed by atoms with E-state index >= 15 is 0 Å². The molecule has 0 aromatic carbocycles. The minimum absolute atomic E-state index is 0.217. The van der Waals surface area contributed by atoms with Crippen molar-refractivity contribution in [2.24, 2.45) is 47.3 Å². The zero-order valence-electron chi connectivity index (χ0n) is 16.8. The van der Waals surface area contributed by atoms with E-state index in [1.165, 1.54) is 38.5 Å². The lowest BCUT2D eigenvalue weighted by molar-refractivity contribution is -0.140. The van der Waals surface area contributed by atoms with Gasteiger partial charge >= 0.3 is 0 Å². The molecular formula is C22H38N2-2. The van der Waals surface area contributed by atoms with Gasteiger partial charge in [0.2, 0.25) is 0 Å². The number of rotatable bonds is 2. The second-order valence-corrected chi connectivity index (χ2v) is 10.3. The van der Waals surface area contributed by atoms with Gasteiger partial charge in [-0.2, -0.15) is 14.1 Å². The van der Waals surface area contributed by atoms with Crippen LogP contribution in [0.15, 0.2) is 0 Å². The maximum Gasteiger partial charge on any atom is -0.0333 e. The van der Waals surface area contributed by atoms with Gasteiger partial charge in [-0.15, -0.1) is 11.1 Å². The van der Waals surface area contributed by atoms with Crippen LogP contribution in [0.4, 0.5) is 0 Å². The highest BCUT2D eigenvalue weighted by Crippen LogP contribution is 2.67. The van der Waals surface area contributed by atoms with Gasteiger partial charge in [0, 0.05) is 0 Å². The van der Waals surface area contributed by atoms with Crippen molar-refractivity contribution in [1.82, 2.24) is 0 Å². The highest BCUT2D eigenvalue weighted by Gasteiger charge is 2.59. The summed E-state index contributed by atoms with van der Waals surface area (Å²) in [6, 6.07) is 0. The molecular weight excluding hydrogens is 292 g/mol. The maximum absolute atomic E-state index is 5.02. The Labute approximate surface area is 149 Å². The summed E-state index contributed by atoms with van der Waals surface area (Å²) in [5, 5.41) is 9.98. The Morgan fingerprint density at radius 3 is 2.21 bits per heavy atom. The lowest BCUT2D eigenvalue weighted by atomic mass is 9.40. The van der Waals surface area contributed by atoms with Crippen molar-refractivity contribution in [2.75, 3.05) is 14.1 Å². The first-order valence-electron chi connectivity index (χ1n) is 10.6. The molecule has 4 saturated carbocycles. The summed E-state index contributed by atoms with van der Waals surface area (Å²) in [6.45, 7) is 10.0. The van der Waals surface area contributed by atoms with E-state index in [-0.39, 0.29) is 11.1 Å². The Morgan fingerprint density at radius 2 is 1.54 bits per heavy atom. The van der Waals surface area contributed by atoms with E-state index in [1.54, 1.807) is 0 Å². The monoisotopic (exact) mass is 330 g/mol. The minimum atomic E-state index is 0.217. The van der Waals surface area contributed by atoms with Gasteiger partial charge in [-0.25, -0.2) is 0 Å². The van der Waals surface area contributed by atoms with Gasteiger partial charge < -0.3 is 10.6 Å². The number of hydrogen-bond acceptors (Lipinski definition) is 0. The van der Waals surface area contributed by atoms with Gasteiger partial charge in [-0.05, 0) is 42.4 Å². The molecule has 24 heavy (non-hydrogen) atoms. The fourth-order valence-electron chi connectivity index (χ4n) is 8.20. The molecule has 0 saturated heterocycles. The molecule has 0 spiro atoms. The topological polar surface area (TPSA) is 28.2 Å². The van der Waals surface area contributed by atoms with Crippen LogP contribution in [0.25, 0.3) is 10.6 Å². The van der Waals surface area contributed by atoms with Gasteiger partial charge in [-0.1, -0.05) is 71.1 Å². The molecule has 0 radical (unpaired) electrons. The molecule has 2 nitrogen and oxygen atoms in total. The summed E-state index contributed by atoms with van der Waals surface area (Å²) in [7, 11) is 4.18. The summed E-state index contributed by atoms with van der Waals surface area (Å²) >= 11 is 0. The van der Waals surface area contributed by atoms with Crippen LogP contribution in [0.5, 0.6) is 0 Å². The quantitative estimate of drug-likeness (QED) is 0.605. The van der Waals surface area contributed by atoms with Gasteiger partial charge in [0.25, 0.3) is 0 Å². The van der Waals surface area contributed by atoms with Crippen LogP contribution in [0, 0.1) is 47.3 Å². The largest absolute Gasteiger partial charge is 0.659 e.